The van der Waals surface area contributed by atoms with E-state index >= 15 is 0 Å². The summed E-state index contributed by atoms with van der Waals surface area (Å²) in [6, 6.07) is 16.4. The second-order valence-corrected chi connectivity index (χ2v) is 10.8. The smallest absolute Gasteiger partial charge is 0.338 e. The molecule has 0 spiro atoms. The Bertz CT molecular complexity index is 1800. The lowest BCUT2D eigenvalue weighted by Gasteiger charge is -2.24. The quantitative estimate of drug-likeness (QED) is 0.258. The Hall–Kier alpha value is -3.89. The average Bonchev–Trinajstić information content (AvgIpc) is 3.23. The number of rotatable bonds is 7. The highest BCUT2D eigenvalue weighted by Gasteiger charge is 2.33. The molecule has 0 bridgehead atoms. The fourth-order valence-electron chi connectivity index (χ4n) is 4.37. The van der Waals surface area contributed by atoms with E-state index < -0.39 is 17.8 Å². The number of esters is 1. The van der Waals surface area contributed by atoms with E-state index in [2.05, 4.69) is 20.9 Å². The molecule has 2 heterocycles. The molecule has 0 unspecified atom stereocenters. The van der Waals surface area contributed by atoms with Crippen molar-refractivity contribution in [1.82, 2.24) is 4.57 Å². The fraction of sp³-hybridized carbons (Fsp3) is 0.167. The van der Waals surface area contributed by atoms with Gasteiger partial charge in [-0.05, 0) is 88.9 Å². The van der Waals surface area contributed by atoms with Crippen LogP contribution in [-0.2, 0) is 16.1 Å². The number of hydrogen-bond donors (Lipinski definition) is 0. The molecule has 0 aliphatic carbocycles. The number of benzene rings is 3. The number of carbonyl (C=O) groups excluding carboxylic acids is 1. The normalized spacial score (nSPS) is 15.0. The number of fused-ring (bicyclic) bond motifs is 1. The zero-order valence-corrected chi connectivity index (χ0v) is 23.9. The standard InChI is InChI=1S/C30H23BrF2N2O4S/c1-3-38-29(37)26-17(2)34-30-35(27(26)20-7-11-22(33)12-8-20)28(36)25(40-30)15-19-6-13-24(23(31)14-19)39-16-18-4-9-21(32)10-5-18/h4-15,27H,3,16H2,1-2H3/b25-15-/t27-/m0/s1. The van der Waals surface area contributed by atoms with Crippen LogP contribution >= 0.6 is 27.3 Å². The minimum atomic E-state index is -0.813. The number of thiazole rings is 1. The molecule has 0 amide bonds. The predicted octanol–water partition coefficient (Wildman–Crippen LogP) is 5.42. The van der Waals surface area contributed by atoms with Gasteiger partial charge in [0, 0.05) is 0 Å². The van der Waals surface area contributed by atoms with Crippen molar-refractivity contribution in [3.8, 4) is 5.75 Å². The highest BCUT2D eigenvalue weighted by molar-refractivity contribution is 9.10. The first-order valence-electron chi connectivity index (χ1n) is 12.4. The van der Waals surface area contributed by atoms with Gasteiger partial charge in [-0.3, -0.25) is 9.36 Å². The van der Waals surface area contributed by atoms with Crippen LogP contribution in [0.5, 0.6) is 5.75 Å². The second-order valence-electron chi connectivity index (χ2n) is 8.96. The molecular weight excluding hydrogens is 602 g/mol. The van der Waals surface area contributed by atoms with Crippen LogP contribution in [0.2, 0.25) is 0 Å². The number of nitrogens with zero attached hydrogens (tertiary/aromatic N) is 2. The lowest BCUT2D eigenvalue weighted by molar-refractivity contribution is -0.139. The summed E-state index contributed by atoms with van der Waals surface area (Å²) >= 11 is 4.72. The van der Waals surface area contributed by atoms with Crippen molar-refractivity contribution in [2.75, 3.05) is 6.61 Å². The van der Waals surface area contributed by atoms with Crippen LogP contribution in [0.3, 0.4) is 0 Å². The topological polar surface area (TPSA) is 69.9 Å². The highest BCUT2D eigenvalue weighted by atomic mass is 79.9. The van der Waals surface area contributed by atoms with Crippen LogP contribution in [0, 0.1) is 11.6 Å². The number of allylic oxidation sites excluding steroid dienone is 1. The van der Waals surface area contributed by atoms with Gasteiger partial charge in [0.05, 0.1) is 32.9 Å². The Morgan fingerprint density at radius 1 is 1.07 bits per heavy atom. The van der Waals surface area contributed by atoms with E-state index in [0.29, 0.717) is 30.8 Å². The minimum absolute atomic E-state index is 0.161. The van der Waals surface area contributed by atoms with Crippen LogP contribution in [0.25, 0.3) is 6.08 Å². The third-order valence-corrected chi connectivity index (χ3v) is 7.87. The molecule has 3 aromatic carbocycles. The molecule has 40 heavy (non-hydrogen) atoms. The Balaban J connectivity index is 1.51. The molecule has 6 nitrogen and oxygen atoms in total. The molecular formula is C30H23BrF2N2O4S. The molecule has 1 atom stereocenters. The molecule has 0 saturated carbocycles. The van der Waals surface area contributed by atoms with E-state index in [-0.39, 0.29) is 30.2 Å². The van der Waals surface area contributed by atoms with Gasteiger partial charge in [0.2, 0.25) is 0 Å². The van der Waals surface area contributed by atoms with Gasteiger partial charge in [0.1, 0.15) is 24.0 Å². The van der Waals surface area contributed by atoms with E-state index in [1.54, 1.807) is 50.3 Å². The monoisotopic (exact) mass is 624 g/mol. The van der Waals surface area contributed by atoms with Crippen molar-refractivity contribution in [3.63, 3.8) is 0 Å². The van der Waals surface area contributed by atoms with Gasteiger partial charge in [-0.2, -0.15) is 0 Å². The van der Waals surface area contributed by atoms with Crippen molar-refractivity contribution < 1.29 is 23.0 Å². The molecule has 0 saturated heterocycles. The molecule has 204 valence electrons. The maximum absolute atomic E-state index is 13.7. The Morgan fingerprint density at radius 2 is 1.75 bits per heavy atom. The Kier molecular flexibility index (Phi) is 8.09. The molecule has 1 aliphatic rings. The fourth-order valence-corrected chi connectivity index (χ4v) is 5.93. The predicted molar refractivity (Wildman–Crippen MR) is 152 cm³/mol. The number of hydrogen-bond acceptors (Lipinski definition) is 6. The summed E-state index contributed by atoms with van der Waals surface area (Å²) in [7, 11) is 0. The number of carbonyl (C=O) groups is 1. The van der Waals surface area contributed by atoms with Crippen molar-refractivity contribution in [2.24, 2.45) is 4.99 Å². The van der Waals surface area contributed by atoms with Crippen LogP contribution in [0.4, 0.5) is 8.78 Å². The van der Waals surface area contributed by atoms with E-state index in [9.17, 15) is 18.4 Å². The number of halogens is 3. The maximum atomic E-state index is 13.7. The van der Waals surface area contributed by atoms with E-state index in [1.807, 2.05) is 12.1 Å². The van der Waals surface area contributed by atoms with Crippen molar-refractivity contribution in [3.05, 3.63) is 130 Å². The van der Waals surface area contributed by atoms with E-state index in [1.165, 1.54) is 40.2 Å². The largest absolute Gasteiger partial charge is 0.488 e. The highest BCUT2D eigenvalue weighted by Crippen LogP contribution is 2.31. The minimum Gasteiger partial charge on any atom is -0.488 e. The van der Waals surface area contributed by atoms with Crippen molar-refractivity contribution >= 4 is 39.3 Å². The van der Waals surface area contributed by atoms with Gasteiger partial charge < -0.3 is 9.47 Å². The SMILES string of the molecule is CCOC(=O)C1=C(C)N=c2s/c(=C\c3ccc(OCc4ccc(F)cc4)c(Br)c3)c(=O)n2[C@H]1c1ccc(F)cc1. The lowest BCUT2D eigenvalue weighted by Crippen LogP contribution is -2.39. The third-order valence-electron chi connectivity index (χ3n) is 6.26. The Labute approximate surface area is 240 Å². The first-order chi connectivity index (χ1) is 19.2. The molecule has 4 aromatic rings. The summed E-state index contributed by atoms with van der Waals surface area (Å²) in [5, 5.41) is 0. The first kappa shape index (κ1) is 27.7. The van der Waals surface area contributed by atoms with Gasteiger partial charge in [-0.1, -0.05) is 41.7 Å². The first-order valence-corrected chi connectivity index (χ1v) is 14.0. The summed E-state index contributed by atoms with van der Waals surface area (Å²) in [4.78, 5) is 31.6. The molecule has 0 radical (unpaired) electrons. The average molecular weight is 625 g/mol. The third kappa shape index (κ3) is 5.68. The molecule has 0 N–H and O–H groups in total. The van der Waals surface area contributed by atoms with Crippen molar-refractivity contribution in [2.45, 2.75) is 26.5 Å². The summed E-state index contributed by atoms with van der Waals surface area (Å²) in [5.41, 5.74) is 2.47. The van der Waals surface area contributed by atoms with E-state index in [0.717, 1.165) is 11.1 Å². The maximum Gasteiger partial charge on any atom is 0.338 e. The Morgan fingerprint density at radius 3 is 2.40 bits per heavy atom. The van der Waals surface area contributed by atoms with Crippen LogP contribution < -0.4 is 19.6 Å². The van der Waals surface area contributed by atoms with Gasteiger partial charge in [0.25, 0.3) is 5.56 Å². The molecule has 5 rings (SSSR count). The second kappa shape index (κ2) is 11.7. The molecule has 0 fully saturated rings. The zero-order chi connectivity index (χ0) is 28.4. The van der Waals surface area contributed by atoms with Crippen LogP contribution in [-0.4, -0.2) is 17.1 Å². The van der Waals surface area contributed by atoms with Crippen LogP contribution in [0.1, 0.15) is 36.6 Å². The van der Waals surface area contributed by atoms with Crippen LogP contribution in [0.15, 0.2) is 92.3 Å². The molecule has 1 aliphatic heterocycles. The van der Waals surface area contributed by atoms with Crippen molar-refractivity contribution in [1.29, 1.82) is 0 Å². The summed E-state index contributed by atoms with van der Waals surface area (Å²) < 4.78 is 40.6. The molecule has 1 aromatic heterocycles. The van der Waals surface area contributed by atoms with E-state index in [4.69, 9.17) is 9.47 Å². The summed E-state index contributed by atoms with van der Waals surface area (Å²) in [5.74, 6) is -0.720. The zero-order valence-electron chi connectivity index (χ0n) is 21.5. The lowest BCUT2D eigenvalue weighted by atomic mass is 9.96. The summed E-state index contributed by atoms with van der Waals surface area (Å²) in [6.07, 6.45) is 1.74. The van der Waals surface area contributed by atoms with Gasteiger partial charge in [-0.25, -0.2) is 18.6 Å². The van der Waals surface area contributed by atoms with Gasteiger partial charge >= 0.3 is 5.97 Å². The summed E-state index contributed by atoms with van der Waals surface area (Å²) in [6.45, 7) is 3.83. The molecule has 10 heteroatoms. The van der Waals surface area contributed by atoms with Gasteiger partial charge in [-0.15, -0.1) is 0 Å². The number of aromatic nitrogens is 1. The number of ether oxygens (including phenoxy) is 2. The van der Waals surface area contributed by atoms with Gasteiger partial charge in [0.15, 0.2) is 4.80 Å².